The second-order valence-corrected chi connectivity index (χ2v) is 9.73. The third-order valence-electron chi connectivity index (χ3n) is 6.82. The van der Waals surface area contributed by atoms with Crippen molar-refractivity contribution < 1.29 is 9.59 Å². The van der Waals surface area contributed by atoms with E-state index in [1.165, 1.54) is 0 Å². The number of hydrogen-bond donors (Lipinski definition) is 1. The molecule has 1 N–H and O–H groups in total. The number of benzene rings is 2. The molecular formula is C29H29ClN4O2. The Hall–Kier alpha value is -3.64. The molecule has 0 bridgehead atoms. The number of nitrogens with zero attached hydrogens (tertiary/aromatic N) is 3. The highest BCUT2D eigenvalue weighted by Gasteiger charge is 2.27. The van der Waals surface area contributed by atoms with Crippen molar-refractivity contribution >= 4 is 34.3 Å². The highest BCUT2D eigenvalue weighted by atomic mass is 35.5. The first kappa shape index (κ1) is 24.1. The van der Waals surface area contributed by atoms with Crippen LogP contribution in [0.15, 0.2) is 79.1 Å². The molecule has 1 fully saturated rings. The van der Waals surface area contributed by atoms with Crippen LogP contribution in [0.1, 0.15) is 40.9 Å². The van der Waals surface area contributed by atoms with Crippen molar-refractivity contribution in [2.24, 2.45) is 0 Å². The highest BCUT2D eigenvalue weighted by molar-refractivity contribution is 6.30. The number of pyridine rings is 1. The van der Waals surface area contributed by atoms with Gasteiger partial charge in [-0.3, -0.25) is 14.6 Å². The van der Waals surface area contributed by atoms with Gasteiger partial charge in [-0.1, -0.05) is 41.9 Å². The summed E-state index contributed by atoms with van der Waals surface area (Å²) in [5, 5.41) is 4.89. The normalized spacial score (nSPS) is 14.2. The Labute approximate surface area is 215 Å². The molecule has 184 valence electrons. The molecule has 5 rings (SSSR count). The fourth-order valence-electron chi connectivity index (χ4n) is 4.83. The predicted octanol–water partition coefficient (Wildman–Crippen LogP) is 5.09. The van der Waals surface area contributed by atoms with E-state index in [1.807, 2.05) is 65.6 Å². The van der Waals surface area contributed by atoms with Crippen molar-refractivity contribution in [3.63, 3.8) is 0 Å². The molecule has 0 aliphatic carbocycles. The number of carbonyl (C=O) groups excluding carboxylic acids is 2. The summed E-state index contributed by atoms with van der Waals surface area (Å²) in [6.45, 7) is 1.84. The Morgan fingerprint density at radius 1 is 0.944 bits per heavy atom. The quantitative estimate of drug-likeness (QED) is 0.384. The first-order valence-electron chi connectivity index (χ1n) is 12.4. The van der Waals surface area contributed by atoms with E-state index >= 15 is 0 Å². The van der Waals surface area contributed by atoms with Crippen molar-refractivity contribution in [2.75, 3.05) is 13.1 Å². The second kappa shape index (κ2) is 11.0. The summed E-state index contributed by atoms with van der Waals surface area (Å²) < 4.78 is 2.09. The Bertz CT molecular complexity index is 1340. The summed E-state index contributed by atoms with van der Waals surface area (Å²) in [6.07, 6.45) is 6.15. The van der Waals surface area contributed by atoms with Crippen LogP contribution in [0.5, 0.6) is 0 Å². The van der Waals surface area contributed by atoms with Crippen LogP contribution in [-0.4, -0.2) is 45.4 Å². The third kappa shape index (κ3) is 5.60. The lowest BCUT2D eigenvalue weighted by atomic mass is 10.0. The maximum Gasteiger partial charge on any atom is 0.270 e. The molecule has 1 saturated heterocycles. The maximum absolute atomic E-state index is 13.6. The minimum absolute atomic E-state index is 0.0302. The lowest BCUT2D eigenvalue weighted by Gasteiger charge is -2.32. The van der Waals surface area contributed by atoms with Gasteiger partial charge in [0.25, 0.3) is 5.91 Å². The number of halogens is 1. The molecule has 0 saturated carbocycles. The van der Waals surface area contributed by atoms with Crippen molar-refractivity contribution in [1.29, 1.82) is 0 Å². The van der Waals surface area contributed by atoms with Crippen LogP contribution in [0.4, 0.5) is 0 Å². The number of hydrogen-bond acceptors (Lipinski definition) is 3. The highest BCUT2D eigenvalue weighted by Crippen LogP contribution is 2.24. The van der Waals surface area contributed by atoms with Gasteiger partial charge in [-0.2, -0.15) is 0 Å². The lowest BCUT2D eigenvalue weighted by Crippen LogP contribution is -2.47. The Morgan fingerprint density at radius 3 is 2.42 bits per heavy atom. The van der Waals surface area contributed by atoms with E-state index < -0.39 is 0 Å². The standard InChI is InChI=1S/C29H29ClN4O2/c30-24-8-5-22(6-9-24)20-34-26-4-2-1-3-23(26)19-27(34)29(36)33-17-13-25(14-18-33)32-28(35)10-7-21-11-15-31-16-12-21/h1-6,8-9,11-12,15-16,19,25H,7,10,13-14,17-18,20H2,(H,32,35). The number of rotatable bonds is 7. The summed E-state index contributed by atoms with van der Waals surface area (Å²) in [7, 11) is 0. The van der Waals surface area contributed by atoms with Gasteiger partial charge in [0.1, 0.15) is 5.69 Å². The van der Waals surface area contributed by atoms with Gasteiger partial charge in [-0.05, 0) is 66.8 Å². The van der Waals surface area contributed by atoms with Gasteiger partial charge in [0.15, 0.2) is 0 Å². The number of piperidine rings is 1. The van der Waals surface area contributed by atoms with Gasteiger partial charge >= 0.3 is 0 Å². The SMILES string of the molecule is O=C(CCc1ccncc1)NC1CCN(C(=O)c2cc3ccccc3n2Cc2ccc(Cl)cc2)CC1. The van der Waals surface area contributed by atoms with Crippen LogP contribution in [0.2, 0.25) is 5.02 Å². The van der Waals surface area contributed by atoms with Crippen LogP contribution >= 0.6 is 11.6 Å². The Morgan fingerprint density at radius 2 is 1.67 bits per heavy atom. The number of carbonyl (C=O) groups is 2. The number of para-hydroxylation sites is 1. The third-order valence-corrected chi connectivity index (χ3v) is 7.07. The van der Waals surface area contributed by atoms with E-state index in [9.17, 15) is 9.59 Å². The van der Waals surface area contributed by atoms with E-state index in [2.05, 4.69) is 20.9 Å². The molecule has 6 nitrogen and oxygen atoms in total. The summed E-state index contributed by atoms with van der Waals surface area (Å²) in [4.78, 5) is 32.0. The zero-order valence-corrected chi connectivity index (χ0v) is 20.8. The fourth-order valence-corrected chi connectivity index (χ4v) is 4.95. The number of likely N-dealkylation sites (tertiary alicyclic amines) is 1. The molecule has 0 spiro atoms. The molecule has 2 amide bonds. The minimum Gasteiger partial charge on any atom is -0.353 e. The molecule has 1 aliphatic rings. The van der Waals surface area contributed by atoms with Crippen LogP contribution < -0.4 is 5.32 Å². The van der Waals surface area contributed by atoms with Crippen molar-refractivity contribution in [3.05, 3.63) is 101 Å². The average Bonchev–Trinajstić information content (AvgIpc) is 3.27. The van der Waals surface area contributed by atoms with Gasteiger partial charge in [-0.25, -0.2) is 0 Å². The van der Waals surface area contributed by atoms with Gasteiger partial charge < -0.3 is 14.8 Å². The molecule has 2 aromatic carbocycles. The van der Waals surface area contributed by atoms with E-state index in [0.717, 1.165) is 34.9 Å². The molecule has 3 heterocycles. The van der Waals surface area contributed by atoms with Crippen molar-refractivity contribution in [1.82, 2.24) is 19.8 Å². The van der Waals surface area contributed by atoms with Crippen molar-refractivity contribution in [2.45, 2.75) is 38.3 Å². The fraction of sp³-hybridized carbons (Fsp3) is 0.276. The van der Waals surface area contributed by atoms with Gasteiger partial charge in [0, 0.05) is 60.4 Å². The monoisotopic (exact) mass is 500 g/mol. The summed E-state index contributed by atoms with van der Waals surface area (Å²) >= 11 is 6.06. The smallest absolute Gasteiger partial charge is 0.270 e. The molecule has 1 aliphatic heterocycles. The van der Waals surface area contributed by atoms with E-state index in [0.29, 0.717) is 43.2 Å². The summed E-state index contributed by atoms with van der Waals surface area (Å²) in [5.41, 5.74) is 3.91. The first-order valence-corrected chi connectivity index (χ1v) is 12.7. The van der Waals surface area contributed by atoms with E-state index in [-0.39, 0.29) is 17.9 Å². The predicted molar refractivity (Wildman–Crippen MR) is 142 cm³/mol. The molecule has 4 aromatic rings. The number of nitrogens with one attached hydrogen (secondary N) is 1. The van der Waals surface area contributed by atoms with Crippen molar-refractivity contribution in [3.8, 4) is 0 Å². The topological polar surface area (TPSA) is 67.2 Å². The molecular weight excluding hydrogens is 472 g/mol. The van der Waals surface area contributed by atoms with Crippen LogP contribution in [0.3, 0.4) is 0 Å². The Kier molecular flexibility index (Phi) is 7.33. The zero-order valence-electron chi connectivity index (χ0n) is 20.1. The molecule has 0 atom stereocenters. The van der Waals surface area contributed by atoms with Crippen LogP contribution in [0, 0.1) is 0 Å². The molecule has 0 radical (unpaired) electrons. The van der Waals surface area contributed by atoms with Gasteiger partial charge in [0.2, 0.25) is 5.91 Å². The number of fused-ring (bicyclic) bond motifs is 1. The Balaban J connectivity index is 1.23. The first-order chi connectivity index (χ1) is 17.6. The van der Waals surface area contributed by atoms with Gasteiger partial charge in [-0.15, -0.1) is 0 Å². The van der Waals surface area contributed by atoms with E-state index in [4.69, 9.17) is 11.6 Å². The van der Waals surface area contributed by atoms with E-state index in [1.54, 1.807) is 12.4 Å². The van der Waals surface area contributed by atoms with Crippen LogP contribution in [0.25, 0.3) is 10.9 Å². The number of aromatic nitrogens is 2. The molecule has 2 aromatic heterocycles. The lowest BCUT2D eigenvalue weighted by molar-refractivity contribution is -0.122. The molecule has 7 heteroatoms. The molecule has 36 heavy (non-hydrogen) atoms. The average molecular weight is 501 g/mol. The summed E-state index contributed by atoms with van der Waals surface area (Å²) in [6, 6.07) is 21.8. The van der Waals surface area contributed by atoms with Crippen LogP contribution in [-0.2, 0) is 17.8 Å². The minimum atomic E-state index is 0.0302. The van der Waals surface area contributed by atoms with Gasteiger partial charge in [0.05, 0.1) is 0 Å². The largest absolute Gasteiger partial charge is 0.353 e. The molecule has 0 unspecified atom stereocenters. The second-order valence-electron chi connectivity index (χ2n) is 9.29. The maximum atomic E-state index is 13.6. The number of amides is 2. The number of aryl methyl sites for hydroxylation is 1. The zero-order chi connectivity index (χ0) is 24.9. The summed E-state index contributed by atoms with van der Waals surface area (Å²) in [5.74, 6) is 0.0855.